The maximum Gasteiger partial charge on any atom is 0.217 e. The van der Waals surface area contributed by atoms with Gasteiger partial charge < -0.3 is 5.73 Å². The van der Waals surface area contributed by atoms with Crippen molar-refractivity contribution in [1.82, 2.24) is 0 Å². The zero-order valence-electron chi connectivity index (χ0n) is 12.0. The van der Waals surface area contributed by atoms with E-state index in [0.717, 1.165) is 11.8 Å². The lowest BCUT2D eigenvalue weighted by Crippen LogP contribution is -2.54. The van der Waals surface area contributed by atoms with E-state index in [9.17, 15) is 4.79 Å². The molecule has 0 radical (unpaired) electrons. The highest BCUT2D eigenvalue weighted by atomic mass is 16.1. The second-order valence-electron chi connectivity index (χ2n) is 7.75. The Hall–Kier alpha value is -1.31. The van der Waals surface area contributed by atoms with Crippen molar-refractivity contribution in [2.75, 3.05) is 0 Å². The van der Waals surface area contributed by atoms with Crippen molar-refractivity contribution in [2.45, 2.75) is 50.4 Å². The minimum absolute atomic E-state index is 0.102. The average Bonchev–Trinajstić information content (AvgIpc) is 2.36. The highest BCUT2D eigenvalue weighted by Gasteiger charge is 2.58. The molecule has 5 rings (SSSR count). The molecule has 4 aliphatic carbocycles. The molecule has 0 aliphatic heterocycles. The summed E-state index contributed by atoms with van der Waals surface area (Å²) in [4.78, 5) is 11.5. The molecular formula is C18H23NO. The van der Waals surface area contributed by atoms with Gasteiger partial charge in [-0.05, 0) is 66.8 Å². The van der Waals surface area contributed by atoms with Gasteiger partial charge in [-0.25, -0.2) is 0 Å². The Kier molecular flexibility index (Phi) is 2.55. The number of hydrogen-bond donors (Lipinski definition) is 1. The van der Waals surface area contributed by atoms with E-state index in [0.29, 0.717) is 11.8 Å². The van der Waals surface area contributed by atoms with E-state index in [1.165, 1.54) is 44.1 Å². The molecule has 4 atom stereocenters. The summed E-state index contributed by atoms with van der Waals surface area (Å²) in [6.45, 7) is 0. The highest BCUT2D eigenvalue weighted by Crippen LogP contribution is 2.66. The monoisotopic (exact) mass is 269 g/mol. The maximum atomic E-state index is 11.5. The van der Waals surface area contributed by atoms with Crippen molar-refractivity contribution in [3.63, 3.8) is 0 Å². The second-order valence-corrected chi connectivity index (χ2v) is 7.75. The van der Waals surface area contributed by atoms with Gasteiger partial charge in [0.15, 0.2) is 0 Å². The molecular weight excluding hydrogens is 246 g/mol. The predicted molar refractivity (Wildman–Crippen MR) is 79.0 cm³/mol. The van der Waals surface area contributed by atoms with Gasteiger partial charge in [-0.3, -0.25) is 4.79 Å². The molecule has 4 bridgehead atoms. The van der Waals surface area contributed by atoms with Crippen LogP contribution >= 0.6 is 0 Å². The average molecular weight is 269 g/mol. The lowest BCUT2D eigenvalue weighted by atomic mass is 9.42. The van der Waals surface area contributed by atoms with Crippen molar-refractivity contribution in [2.24, 2.45) is 23.0 Å². The molecule has 0 saturated heterocycles. The normalized spacial score (nSPS) is 41.8. The van der Waals surface area contributed by atoms with E-state index in [-0.39, 0.29) is 11.3 Å². The highest BCUT2D eigenvalue weighted by molar-refractivity contribution is 5.74. The summed E-state index contributed by atoms with van der Waals surface area (Å²) in [6, 6.07) is 11.0. The van der Waals surface area contributed by atoms with Crippen LogP contribution in [0.2, 0.25) is 0 Å². The molecule has 4 fully saturated rings. The third-order valence-electron chi connectivity index (χ3n) is 6.12. The fourth-order valence-corrected chi connectivity index (χ4v) is 6.16. The summed E-state index contributed by atoms with van der Waals surface area (Å²) in [7, 11) is 0. The summed E-state index contributed by atoms with van der Waals surface area (Å²) < 4.78 is 0. The Morgan fingerprint density at radius 2 is 1.75 bits per heavy atom. The number of primary amides is 1. The van der Waals surface area contributed by atoms with Crippen molar-refractivity contribution in [1.29, 1.82) is 0 Å². The van der Waals surface area contributed by atoms with Crippen LogP contribution in [-0.2, 0) is 10.2 Å². The molecule has 2 heteroatoms. The Labute approximate surface area is 120 Å². The molecule has 0 heterocycles. The predicted octanol–water partition coefficient (Wildman–Crippen LogP) is 3.40. The van der Waals surface area contributed by atoms with E-state index >= 15 is 0 Å². The first-order valence-electron chi connectivity index (χ1n) is 7.93. The Balaban J connectivity index is 1.74. The molecule has 1 aromatic carbocycles. The van der Waals surface area contributed by atoms with Crippen LogP contribution < -0.4 is 5.73 Å². The summed E-state index contributed by atoms with van der Waals surface area (Å²) >= 11 is 0. The molecule has 106 valence electrons. The van der Waals surface area contributed by atoms with Gasteiger partial charge in [0.25, 0.3) is 0 Å². The largest absolute Gasteiger partial charge is 0.370 e. The number of benzene rings is 1. The van der Waals surface area contributed by atoms with Crippen LogP contribution in [-0.4, -0.2) is 5.91 Å². The molecule has 2 nitrogen and oxygen atoms in total. The Morgan fingerprint density at radius 1 is 1.10 bits per heavy atom. The number of carbonyl (C=O) groups is 1. The van der Waals surface area contributed by atoms with Gasteiger partial charge in [0.2, 0.25) is 5.91 Å². The molecule has 0 aromatic heterocycles. The molecule has 4 saturated carbocycles. The minimum atomic E-state index is -0.102. The topological polar surface area (TPSA) is 43.1 Å². The maximum absolute atomic E-state index is 11.5. The van der Waals surface area contributed by atoms with Crippen molar-refractivity contribution in [3.8, 4) is 0 Å². The summed E-state index contributed by atoms with van der Waals surface area (Å²) in [6.07, 6.45) is 8.30. The van der Waals surface area contributed by atoms with E-state index in [2.05, 4.69) is 30.3 Å². The van der Waals surface area contributed by atoms with Gasteiger partial charge in [0, 0.05) is 6.42 Å². The molecule has 1 aromatic rings. The number of amides is 1. The fourth-order valence-electron chi connectivity index (χ4n) is 6.16. The Morgan fingerprint density at radius 3 is 2.35 bits per heavy atom. The van der Waals surface area contributed by atoms with E-state index in [4.69, 9.17) is 5.73 Å². The molecule has 0 spiro atoms. The third kappa shape index (κ3) is 1.81. The van der Waals surface area contributed by atoms with Gasteiger partial charge in [-0.1, -0.05) is 30.3 Å². The van der Waals surface area contributed by atoms with E-state index < -0.39 is 0 Å². The number of rotatable bonds is 3. The lowest BCUT2D eigenvalue weighted by molar-refractivity contribution is -0.128. The SMILES string of the molecule is NC(=O)CC12C[C@H]3C[C@@H](C1)CC(c1ccccc1)(C3)C2. The van der Waals surface area contributed by atoms with Gasteiger partial charge in [-0.15, -0.1) is 0 Å². The third-order valence-corrected chi connectivity index (χ3v) is 6.12. The summed E-state index contributed by atoms with van der Waals surface area (Å²) in [5, 5.41) is 0. The first-order chi connectivity index (χ1) is 9.59. The van der Waals surface area contributed by atoms with Crippen LogP contribution in [0.15, 0.2) is 30.3 Å². The zero-order valence-corrected chi connectivity index (χ0v) is 12.0. The van der Waals surface area contributed by atoms with Crippen molar-refractivity contribution in [3.05, 3.63) is 35.9 Å². The van der Waals surface area contributed by atoms with Crippen LogP contribution in [0.4, 0.5) is 0 Å². The van der Waals surface area contributed by atoms with E-state index in [1.54, 1.807) is 0 Å². The standard InChI is InChI=1S/C18H23NO/c19-16(20)11-17-7-13-6-14(8-17)10-18(9-13,12-17)15-4-2-1-3-5-15/h1-5,13-14H,6-12H2,(H2,19,20)/t13-,14+,17?,18?. The summed E-state index contributed by atoms with van der Waals surface area (Å²) in [5.74, 6) is 1.53. The van der Waals surface area contributed by atoms with Crippen LogP contribution in [0, 0.1) is 17.3 Å². The van der Waals surface area contributed by atoms with Crippen molar-refractivity contribution >= 4 is 5.91 Å². The number of carbonyl (C=O) groups excluding carboxylic acids is 1. The smallest absolute Gasteiger partial charge is 0.217 e. The fraction of sp³-hybridized carbons (Fsp3) is 0.611. The van der Waals surface area contributed by atoms with Gasteiger partial charge in [-0.2, -0.15) is 0 Å². The van der Waals surface area contributed by atoms with Crippen LogP contribution in [0.25, 0.3) is 0 Å². The second kappa shape index (κ2) is 4.09. The van der Waals surface area contributed by atoms with Crippen LogP contribution in [0.3, 0.4) is 0 Å². The van der Waals surface area contributed by atoms with Crippen molar-refractivity contribution < 1.29 is 4.79 Å². The van der Waals surface area contributed by atoms with Gasteiger partial charge in [0.1, 0.15) is 0 Å². The molecule has 2 unspecified atom stereocenters. The lowest BCUT2D eigenvalue weighted by Gasteiger charge is -2.62. The Bertz CT molecular complexity index is 522. The first-order valence-corrected chi connectivity index (χ1v) is 7.93. The van der Waals surface area contributed by atoms with Crippen LogP contribution in [0.1, 0.15) is 50.5 Å². The number of nitrogens with two attached hydrogens (primary N) is 1. The molecule has 1 amide bonds. The minimum Gasteiger partial charge on any atom is -0.370 e. The molecule has 2 N–H and O–H groups in total. The van der Waals surface area contributed by atoms with E-state index in [1.807, 2.05) is 0 Å². The molecule has 4 aliphatic rings. The number of hydrogen-bond acceptors (Lipinski definition) is 1. The molecule has 20 heavy (non-hydrogen) atoms. The van der Waals surface area contributed by atoms with Gasteiger partial charge >= 0.3 is 0 Å². The van der Waals surface area contributed by atoms with Gasteiger partial charge in [0.05, 0.1) is 0 Å². The first kappa shape index (κ1) is 12.4. The zero-order chi connectivity index (χ0) is 13.8. The van der Waals surface area contributed by atoms with Crippen LogP contribution in [0.5, 0.6) is 0 Å². The summed E-state index contributed by atoms with van der Waals surface area (Å²) in [5.41, 5.74) is 7.61. The quantitative estimate of drug-likeness (QED) is 0.898.